The molecule has 0 bridgehead atoms. The van der Waals surface area contributed by atoms with Gasteiger partial charge in [-0.25, -0.2) is 0 Å². The van der Waals surface area contributed by atoms with Crippen LogP contribution in [0.25, 0.3) is 0 Å². The molecule has 0 spiro atoms. The molecule has 0 aliphatic carbocycles. The molecule has 2 N–H and O–H groups in total. The molecule has 0 unspecified atom stereocenters. The second-order valence-electron chi connectivity index (χ2n) is 3.38. The summed E-state index contributed by atoms with van der Waals surface area (Å²) in [6, 6.07) is 8.03. The maximum atomic E-state index is 5.48. The molecule has 0 saturated carbocycles. The van der Waals surface area contributed by atoms with E-state index in [0.29, 0.717) is 13.2 Å². The Hall–Kier alpha value is -1.22. The van der Waals surface area contributed by atoms with Gasteiger partial charge >= 0.3 is 0 Å². The van der Waals surface area contributed by atoms with Crippen LogP contribution < -0.4 is 15.4 Å². The lowest BCUT2D eigenvalue weighted by atomic mass is 10.3. The van der Waals surface area contributed by atoms with Crippen LogP contribution in [-0.2, 0) is 0 Å². The standard InChI is InChI=1S/C11H18N2O/c1-13(2)10-4-6-11(7-5-10)14-9-3-8-12/h4-7H,3,8-9,12H2,1-2H3. The number of ether oxygens (including phenoxy) is 1. The van der Waals surface area contributed by atoms with E-state index in [9.17, 15) is 0 Å². The molecule has 0 aliphatic rings. The third-order valence-corrected chi connectivity index (χ3v) is 1.97. The summed E-state index contributed by atoms with van der Waals surface area (Å²) in [6.07, 6.45) is 0.898. The zero-order valence-corrected chi connectivity index (χ0v) is 8.86. The van der Waals surface area contributed by atoms with Crippen molar-refractivity contribution in [2.75, 3.05) is 32.1 Å². The number of anilines is 1. The van der Waals surface area contributed by atoms with Gasteiger partial charge < -0.3 is 15.4 Å². The van der Waals surface area contributed by atoms with E-state index in [1.807, 2.05) is 38.4 Å². The molecular formula is C11H18N2O. The summed E-state index contributed by atoms with van der Waals surface area (Å²) >= 11 is 0. The second-order valence-corrected chi connectivity index (χ2v) is 3.38. The van der Waals surface area contributed by atoms with Gasteiger partial charge in [-0.2, -0.15) is 0 Å². The van der Waals surface area contributed by atoms with Crippen molar-refractivity contribution in [3.8, 4) is 5.75 Å². The molecule has 1 aromatic carbocycles. The number of hydrogen-bond donors (Lipinski definition) is 1. The van der Waals surface area contributed by atoms with Crippen LogP contribution in [0.4, 0.5) is 5.69 Å². The van der Waals surface area contributed by atoms with Crippen LogP contribution in [0.1, 0.15) is 6.42 Å². The number of hydrogen-bond acceptors (Lipinski definition) is 3. The Balaban J connectivity index is 2.47. The van der Waals surface area contributed by atoms with E-state index < -0.39 is 0 Å². The van der Waals surface area contributed by atoms with Gasteiger partial charge in [0.2, 0.25) is 0 Å². The smallest absolute Gasteiger partial charge is 0.119 e. The maximum absolute atomic E-state index is 5.48. The molecule has 78 valence electrons. The summed E-state index contributed by atoms with van der Waals surface area (Å²) in [5.74, 6) is 0.907. The summed E-state index contributed by atoms with van der Waals surface area (Å²) < 4.78 is 5.48. The largest absolute Gasteiger partial charge is 0.494 e. The Morgan fingerprint density at radius 1 is 1.21 bits per heavy atom. The fourth-order valence-corrected chi connectivity index (χ4v) is 1.11. The van der Waals surface area contributed by atoms with Crippen molar-refractivity contribution in [1.82, 2.24) is 0 Å². The lowest BCUT2D eigenvalue weighted by Gasteiger charge is -2.12. The molecule has 0 aliphatic heterocycles. The molecule has 0 atom stereocenters. The average Bonchev–Trinajstić information content (AvgIpc) is 2.19. The van der Waals surface area contributed by atoms with Gasteiger partial charge in [-0.1, -0.05) is 0 Å². The van der Waals surface area contributed by atoms with E-state index in [0.717, 1.165) is 12.2 Å². The minimum Gasteiger partial charge on any atom is -0.494 e. The van der Waals surface area contributed by atoms with Crippen LogP contribution in [0.2, 0.25) is 0 Å². The van der Waals surface area contributed by atoms with Crippen LogP contribution in [0.3, 0.4) is 0 Å². The van der Waals surface area contributed by atoms with Gasteiger partial charge in [0.25, 0.3) is 0 Å². The molecule has 0 saturated heterocycles. The first-order chi connectivity index (χ1) is 6.74. The van der Waals surface area contributed by atoms with Crippen molar-refractivity contribution in [3.63, 3.8) is 0 Å². The van der Waals surface area contributed by atoms with Crippen molar-refractivity contribution in [1.29, 1.82) is 0 Å². The highest BCUT2D eigenvalue weighted by atomic mass is 16.5. The highest BCUT2D eigenvalue weighted by Crippen LogP contribution is 2.17. The normalized spacial score (nSPS) is 9.93. The summed E-state index contributed by atoms with van der Waals surface area (Å²) in [6.45, 7) is 1.37. The predicted octanol–water partition coefficient (Wildman–Crippen LogP) is 1.48. The molecule has 0 aromatic heterocycles. The van der Waals surface area contributed by atoms with E-state index in [1.54, 1.807) is 0 Å². The van der Waals surface area contributed by atoms with E-state index in [-0.39, 0.29) is 0 Å². The molecule has 1 rings (SSSR count). The molecule has 14 heavy (non-hydrogen) atoms. The molecule has 3 nitrogen and oxygen atoms in total. The highest BCUT2D eigenvalue weighted by molar-refractivity contribution is 5.47. The molecule has 1 aromatic rings. The van der Waals surface area contributed by atoms with Gasteiger partial charge in [0.05, 0.1) is 6.61 Å². The Bertz CT molecular complexity index is 256. The van der Waals surface area contributed by atoms with Crippen molar-refractivity contribution in [2.24, 2.45) is 5.73 Å². The van der Waals surface area contributed by atoms with Gasteiger partial charge in [0.1, 0.15) is 5.75 Å². The zero-order valence-electron chi connectivity index (χ0n) is 8.86. The molecule has 0 fully saturated rings. The van der Waals surface area contributed by atoms with Gasteiger partial charge in [-0.3, -0.25) is 0 Å². The van der Waals surface area contributed by atoms with Gasteiger partial charge in [-0.05, 0) is 37.2 Å². The first-order valence-electron chi connectivity index (χ1n) is 4.84. The maximum Gasteiger partial charge on any atom is 0.119 e. The van der Waals surface area contributed by atoms with Crippen molar-refractivity contribution in [2.45, 2.75) is 6.42 Å². The molecule has 0 radical (unpaired) electrons. The lowest BCUT2D eigenvalue weighted by Crippen LogP contribution is -2.08. The van der Waals surface area contributed by atoms with Crippen molar-refractivity contribution in [3.05, 3.63) is 24.3 Å². The molecule has 0 amide bonds. The summed E-state index contributed by atoms with van der Waals surface area (Å²) in [5, 5.41) is 0. The third-order valence-electron chi connectivity index (χ3n) is 1.97. The van der Waals surface area contributed by atoms with Crippen LogP contribution >= 0.6 is 0 Å². The Morgan fingerprint density at radius 2 is 1.86 bits per heavy atom. The lowest BCUT2D eigenvalue weighted by molar-refractivity contribution is 0.313. The number of nitrogens with two attached hydrogens (primary N) is 1. The SMILES string of the molecule is CN(C)c1ccc(OCCCN)cc1. The van der Waals surface area contributed by atoms with E-state index in [1.165, 1.54) is 5.69 Å². The fourth-order valence-electron chi connectivity index (χ4n) is 1.11. The van der Waals surface area contributed by atoms with E-state index >= 15 is 0 Å². The quantitative estimate of drug-likeness (QED) is 0.722. The number of benzene rings is 1. The predicted molar refractivity (Wildman–Crippen MR) is 59.9 cm³/mol. The Labute approximate surface area is 85.5 Å². The van der Waals surface area contributed by atoms with Crippen molar-refractivity contribution >= 4 is 5.69 Å². The molecule has 3 heteroatoms. The van der Waals surface area contributed by atoms with Gasteiger partial charge in [-0.15, -0.1) is 0 Å². The highest BCUT2D eigenvalue weighted by Gasteiger charge is 1.96. The topological polar surface area (TPSA) is 38.5 Å². The minimum atomic E-state index is 0.676. The third kappa shape index (κ3) is 3.26. The minimum absolute atomic E-state index is 0.676. The number of nitrogens with zero attached hydrogens (tertiary/aromatic N) is 1. The van der Waals surface area contributed by atoms with Gasteiger partial charge in [0.15, 0.2) is 0 Å². The van der Waals surface area contributed by atoms with Gasteiger partial charge in [0, 0.05) is 19.8 Å². The van der Waals surface area contributed by atoms with E-state index in [4.69, 9.17) is 10.5 Å². The Morgan fingerprint density at radius 3 is 2.36 bits per heavy atom. The van der Waals surface area contributed by atoms with Crippen molar-refractivity contribution < 1.29 is 4.74 Å². The summed E-state index contributed by atoms with van der Waals surface area (Å²) in [5.41, 5.74) is 6.55. The molecule has 0 heterocycles. The molecular weight excluding hydrogens is 176 g/mol. The van der Waals surface area contributed by atoms with Crippen LogP contribution in [0.15, 0.2) is 24.3 Å². The van der Waals surface area contributed by atoms with E-state index in [2.05, 4.69) is 4.90 Å². The van der Waals surface area contributed by atoms with Crippen LogP contribution in [-0.4, -0.2) is 27.2 Å². The monoisotopic (exact) mass is 194 g/mol. The first kappa shape index (κ1) is 10.9. The van der Waals surface area contributed by atoms with Crippen LogP contribution in [0, 0.1) is 0 Å². The second kappa shape index (κ2) is 5.50. The Kier molecular flexibility index (Phi) is 4.26. The first-order valence-corrected chi connectivity index (χ1v) is 4.84. The average molecular weight is 194 g/mol. The van der Waals surface area contributed by atoms with Crippen LogP contribution in [0.5, 0.6) is 5.75 Å². The zero-order chi connectivity index (χ0) is 10.4. The fraction of sp³-hybridized carbons (Fsp3) is 0.455. The number of rotatable bonds is 5. The summed E-state index contributed by atoms with van der Waals surface area (Å²) in [7, 11) is 4.04. The summed E-state index contributed by atoms with van der Waals surface area (Å²) in [4.78, 5) is 2.06.